The molecule has 1 aliphatic carbocycles. The molecule has 0 bridgehead atoms. The van der Waals surface area contributed by atoms with E-state index in [1.54, 1.807) is 0 Å². The van der Waals surface area contributed by atoms with E-state index in [0.717, 1.165) is 0 Å². The van der Waals surface area contributed by atoms with Gasteiger partial charge in [0.25, 0.3) is 0 Å². The number of esters is 1. The van der Waals surface area contributed by atoms with Crippen molar-refractivity contribution in [3.63, 3.8) is 0 Å². The Hall–Kier alpha value is -1.20. The van der Waals surface area contributed by atoms with Crippen LogP contribution in [0.15, 0.2) is 11.6 Å². The average Bonchev–Trinajstić information content (AvgIpc) is 2.31. The van der Waals surface area contributed by atoms with E-state index in [0.29, 0.717) is 0 Å². The molecule has 0 heterocycles. The fourth-order valence-corrected chi connectivity index (χ4v) is 2.47. The van der Waals surface area contributed by atoms with E-state index in [2.05, 4.69) is 0 Å². The van der Waals surface area contributed by atoms with Crippen molar-refractivity contribution in [1.82, 2.24) is 0 Å². The molecule has 0 saturated heterocycles. The topological polar surface area (TPSA) is 83.8 Å². The number of hydrogen-bond donors (Lipinski definition) is 2. The molecule has 0 spiro atoms. The van der Waals surface area contributed by atoms with E-state index in [4.69, 9.17) is 9.84 Å². The van der Waals surface area contributed by atoms with Gasteiger partial charge in [-0.1, -0.05) is 27.7 Å². The minimum absolute atomic E-state index is 0.0257. The fraction of sp³-hybridized carbons (Fsp3) is 0.733. The van der Waals surface area contributed by atoms with Crippen LogP contribution in [0.25, 0.3) is 0 Å². The van der Waals surface area contributed by atoms with Crippen molar-refractivity contribution in [2.45, 2.75) is 46.3 Å². The molecular weight excluding hydrogens is 260 g/mol. The number of carbonyl (C=O) groups excluding carboxylic acids is 2. The van der Waals surface area contributed by atoms with Crippen molar-refractivity contribution in [3.05, 3.63) is 11.6 Å². The van der Waals surface area contributed by atoms with Crippen LogP contribution in [0.5, 0.6) is 0 Å². The Morgan fingerprint density at radius 2 is 1.95 bits per heavy atom. The third-order valence-corrected chi connectivity index (χ3v) is 3.46. The molecule has 0 amide bonds. The number of aliphatic hydroxyl groups excluding tert-OH is 2. The molecule has 3 atom stereocenters. The van der Waals surface area contributed by atoms with Crippen molar-refractivity contribution in [2.24, 2.45) is 17.8 Å². The van der Waals surface area contributed by atoms with Crippen LogP contribution >= 0.6 is 0 Å². The summed E-state index contributed by atoms with van der Waals surface area (Å²) < 4.78 is 5.29. The van der Waals surface area contributed by atoms with Gasteiger partial charge in [0.15, 0.2) is 6.10 Å². The van der Waals surface area contributed by atoms with Crippen molar-refractivity contribution >= 4 is 11.8 Å². The molecule has 1 rings (SSSR count). The van der Waals surface area contributed by atoms with Gasteiger partial charge < -0.3 is 14.9 Å². The summed E-state index contributed by atoms with van der Waals surface area (Å²) in [6, 6.07) is 0. The van der Waals surface area contributed by atoms with E-state index < -0.39 is 36.5 Å². The highest BCUT2D eigenvalue weighted by Crippen LogP contribution is 2.30. The lowest BCUT2D eigenvalue weighted by molar-refractivity contribution is -0.162. The van der Waals surface area contributed by atoms with Crippen LogP contribution < -0.4 is 0 Å². The van der Waals surface area contributed by atoms with Gasteiger partial charge in [-0.05, 0) is 17.9 Å². The third-order valence-electron chi connectivity index (χ3n) is 3.46. The highest BCUT2D eigenvalue weighted by molar-refractivity contribution is 6.01. The molecule has 20 heavy (non-hydrogen) atoms. The molecule has 2 N–H and O–H groups in total. The van der Waals surface area contributed by atoms with Crippen LogP contribution in [0.4, 0.5) is 0 Å². The summed E-state index contributed by atoms with van der Waals surface area (Å²) in [7, 11) is 0. The van der Waals surface area contributed by atoms with E-state index >= 15 is 0 Å². The second-order valence-electron chi connectivity index (χ2n) is 6.03. The lowest BCUT2D eigenvalue weighted by atomic mass is 9.77. The summed E-state index contributed by atoms with van der Waals surface area (Å²) in [6.07, 6.45) is -0.321. The summed E-state index contributed by atoms with van der Waals surface area (Å²) >= 11 is 0. The average molecular weight is 284 g/mol. The van der Waals surface area contributed by atoms with Gasteiger partial charge in [-0.25, -0.2) is 0 Å². The molecular formula is C15H24O5. The molecule has 0 saturated carbocycles. The first-order chi connectivity index (χ1) is 9.27. The SMILES string of the molecule is CC(C)CC(=O)O[C@@H]1C(=O)C(CO)=C[C@H](O)[C@@H]1C(C)C. The molecule has 0 aromatic heterocycles. The predicted octanol–water partition coefficient (Wildman–Crippen LogP) is 1.08. The van der Waals surface area contributed by atoms with Gasteiger partial charge in [-0.2, -0.15) is 0 Å². The highest BCUT2D eigenvalue weighted by Gasteiger charge is 2.42. The van der Waals surface area contributed by atoms with Crippen LogP contribution in [0, 0.1) is 17.8 Å². The number of aliphatic hydroxyl groups is 2. The van der Waals surface area contributed by atoms with Crippen molar-refractivity contribution < 1.29 is 24.5 Å². The molecule has 0 fully saturated rings. The zero-order valence-corrected chi connectivity index (χ0v) is 12.5. The first-order valence-electron chi connectivity index (χ1n) is 7.01. The van der Waals surface area contributed by atoms with Gasteiger partial charge >= 0.3 is 5.97 Å². The van der Waals surface area contributed by atoms with Crippen LogP contribution in [-0.4, -0.2) is 40.8 Å². The fourth-order valence-electron chi connectivity index (χ4n) is 2.47. The summed E-state index contributed by atoms with van der Waals surface area (Å²) in [5, 5.41) is 19.3. The molecule has 0 aliphatic heterocycles. The Bertz CT molecular complexity index is 397. The maximum atomic E-state index is 12.2. The molecule has 0 unspecified atom stereocenters. The van der Waals surface area contributed by atoms with Crippen molar-refractivity contribution in [1.29, 1.82) is 0 Å². The number of ketones is 1. The van der Waals surface area contributed by atoms with Crippen LogP contribution in [0.3, 0.4) is 0 Å². The van der Waals surface area contributed by atoms with Crippen LogP contribution in [-0.2, 0) is 14.3 Å². The standard InChI is InChI=1S/C15H24O5/c1-8(2)5-12(18)20-15-13(9(3)4)11(17)6-10(7-16)14(15)19/h6,8-9,11,13,15-17H,5,7H2,1-4H3/t11-,13-,15-/m0/s1. The summed E-state index contributed by atoms with van der Waals surface area (Å²) in [5.74, 6) is -1.23. The molecule has 1 aliphatic rings. The zero-order chi connectivity index (χ0) is 15.4. The quantitative estimate of drug-likeness (QED) is 0.738. The van der Waals surface area contributed by atoms with Crippen LogP contribution in [0.1, 0.15) is 34.1 Å². The number of hydrogen-bond acceptors (Lipinski definition) is 5. The molecule has 114 valence electrons. The van der Waals surface area contributed by atoms with E-state index in [1.807, 2.05) is 27.7 Å². The minimum Gasteiger partial charge on any atom is -0.454 e. The second-order valence-corrected chi connectivity index (χ2v) is 6.03. The Kier molecular flexibility index (Phi) is 5.89. The largest absolute Gasteiger partial charge is 0.454 e. The monoisotopic (exact) mass is 284 g/mol. The minimum atomic E-state index is -1.01. The first kappa shape index (κ1) is 16.9. The Morgan fingerprint density at radius 3 is 2.40 bits per heavy atom. The lowest BCUT2D eigenvalue weighted by Gasteiger charge is -2.35. The maximum Gasteiger partial charge on any atom is 0.306 e. The maximum absolute atomic E-state index is 12.2. The first-order valence-corrected chi connectivity index (χ1v) is 7.01. The zero-order valence-electron chi connectivity index (χ0n) is 12.5. The van der Waals surface area contributed by atoms with E-state index in [-0.39, 0.29) is 23.8 Å². The smallest absolute Gasteiger partial charge is 0.306 e. The van der Waals surface area contributed by atoms with E-state index in [1.165, 1.54) is 6.08 Å². The Balaban J connectivity index is 2.96. The van der Waals surface area contributed by atoms with Crippen molar-refractivity contribution in [2.75, 3.05) is 6.61 Å². The molecule has 0 aromatic carbocycles. The normalized spacial score (nSPS) is 26.9. The Morgan fingerprint density at radius 1 is 1.35 bits per heavy atom. The third kappa shape index (κ3) is 3.90. The number of ether oxygens (including phenoxy) is 1. The van der Waals surface area contributed by atoms with Gasteiger partial charge in [-0.15, -0.1) is 0 Å². The van der Waals surface area contributed by atoms with Crippen LogP contribution in [0.2, 0.25) is 0 Å². The van der Waals surface area contributed by atoms with Gasteiger partial charge in [0.05, 0.1) is 12.7 Å². The molecule has 5 heteroatoms. The summed E-state index contributed by atoms with van der Waals surface area (Å²) in [6.45, 7) is 7.04. The lowest BCUT2D eigenvalue weighted by Crippen LogP contribution is -2.47. The number of rotatable bonds is 5. The molecule has 0 radical (unpaired) electrons. The summed E-state index contributed by atoms with van der Waals surface area (Å²) in [5.41, 5.74) is 0.108. The number of Topliss-reactive ketones (excluding diaryl/α,β-unsaturated/α-hetero) is 1. The van der Waals surface area contributed by atoms with Gasteiger partial charge in [0.2, 0.25) is 5.78 Å². The van der Waals surface area contributed by atoms with E-state index in [9.17, 15) is 14.7 Å². The predicted molar refractivity (Wildman–Crippen MR) is 73.8 cm³/mol. The van der Waals surface area contributed by atoms with Gasteiger partial charge in [-0.3, -0.25) is 9.59 Å². The summed E-state index contributed by atoms with van der Waals surface area (Å²) in [4.78, 5) is 24.0. The molecule has 0 aromatic rings. The van der Waals surface area contributed by atoms with Gasteiger partial charge in [0, 0.05) is 17.9 Å². The number of carbonyl (C=O) groups is 2. The Labute approximate surface area is 119 Å². The van der Waals surface area contributed by atoms with Gasteiger partial charge in [0.1, 0.15) is 0 Å². The second kappa shape index (κ2) is 6.99. The highest BCUT2D eigenvalue weighted by atomic mass is 16.5. The molecule has 5 nitrogen and oxygen atoms in total. The van der Waals surface area contributed by atoms with Crippen molar-refractivity contribution in [3.8, 4) is 0 Å².